The van der Waals surface area contributed by atoms with Gasteiger partial charge in [-0.15, -0.1) is 0 Å². The van der Waals surface area contributed by atoms with Gasteiger partial charge < -0.3 is 14.4 Å². The number of alkyl halides is 3. The molecule has 9 nitrogen and oxygen atoms in total. The van der Waals surface area contributed by atoms with Crippen LogP contribution in [0.15, 0.2) is 58.3 Å². The molecule has 0 spiro atoms. The first kappa shape index (κ1) is 25.5. The monoisotopic (exact) mass is 623 g/mol. The Kier molecular flexibility index (Phi) is 6.64. The van der Waals surface area contributed by atoms with Crippen molar-refractivity contribution in [3.8, 4) is 5.75 Å². The molecule has 1 aliphatic rings. The number of aryl methyl sites for hydroxylation is 1. The van der Waals surface area contributed by atoms with Crippen molar-refractivity contribution in [1.82, 2.24) is 23.7 Å². The van der Waals surface area contributed by atoms with E-state index in [2.05, 4.69) is 9.97 Å². The first-order chi connectivity index (χ1) is 17.5. The predicted molar refractivity (Wildman–Crippen MR) is 140 cm³/mol. The van der Waals surface area contributed by atoms with Crippen LogP contribution in [0, 0.1) is 0 Å². The molecule has 5 rings (SSSR count). The third-order valence-electron chi connectivity index (χ3n) is 6.48. The van der Waals surface area contributed by atoms with E-state index in [9.17, 15) is 23.5 Å². The maximum Gasteiger partial charge on any atom is 0.451 e. The lowest BCUT2D eigenvalue weighted by molar-refractivity contribution is -0.0691. The molecular weight excluding hydrogens is 599 g/mol. The maximum absolute atomic E-state index is 13.6. The zero-order valence-corrected chi connectivity index (χ0v) is 22.1. The third kappa shape index (κ3) is 5.59. The summed E-state index contributed by atoms with van der Waals surface area (Å²) in [5, 5.41) is 10.3. The van der Waals surface area contributed by atoms with Crippen LogP contribution in [0.25, 0.3) is 11.2 Å². The van der Waals surface area contributed by atoms with E-state index in [0.29, 0.717) is 36.3 Å². The lowest BCUT2D eigenvalue weighted by Gasteiger charge is -2.13. The fourth-order valence-electron chi connectivity index (χ4n) is 4.32. The smallest absolute Gasteiger partial charge is 0.425 e. The maximum atomic E-state index is 13.6. The van der Waals surface area contributed by atoms with E-state index in [1.807, 2.05) is 12.1 Å². The molecule has 3 aromatic heterocycles. The molecule has 3 heterocycles. The number of benzene rings is 1. The molecule has 4 aromatic rings. The Labute approximate surface area is 223 Å². The minimum Gasteiger partial charge on any atom is -0.425 e. The number of hydrogen-bond donors (Lipinski definition) is 1. The highest BCUT2D eigenvalue weighted by Gasteiger charge is 2.40. The average Bonchev–Trinajstić information content (AvgIpc) is 3.47. The van der Waals surface area contributed by atoms with E-state index in [1.54, 1.807) is 36.0 Å². The molecule has 0 radical (unpaired) electrons. The van der Waals surface area contributed by atoms with Gasteiger partial charge in [-0.25, -0.2) is 9.78 Å². The molecule has 1 aromatic carbocycles. The molecule has 0 saturated heterocycles. The molecule has 0 unspecified atom stereocenters. The highest BCUT2D eigenvalue weighted by Crippen LogP contribution is 2.38. The molecular formula is C25H24F2IN5O4. The summed E-state index contributed by atoms with van der Waals surface area (Å²) in [6.45, 7) is 0.304. The van der Waals surface area contributed by atoms with Gasteiger partial charge in [-0.05, 0) is 49.1 Å². The number of imidazole rings is 1. The van der Waals surface area contributed by atoms with Crippen molar-refractivity contribution >= 4 is 33.8 Å². The minimum absolute atomic E-state index is 0.00273. The summed E-state index contributed by atoms with van der Waals surface area (Å²) in [6.07, 6.45) is 3.45. The molecule has 0 atom stereocenters. The SMILES string of the molecule is Cn1c(=O)n(CCC2(O)CC2)c(=O)c2c1nc(Cc1cccc(OC(F)(F)I)c1)n2Cc1ccccn1. The number of aliphatic hydroxyl groups is 1. The molecule has 37 heavy (non-hydrogen) atoms. The number of pyridine rings is 1. The van der Waals surface area contributed by atoms with Crippen LogP contribution in [0.3, 0.4) is 0 Å². The molecule has 12 heteroatoms. The van der Waals surface area contributed by atoms with Gasteiger partial charge in [-0.3, -0.25) is 18.9 Å². The molecule has 1 aliphatic carbocycles. The second-order valence-corrected chi connectivity index (χ2v) is 10.5. The van der Waals surface area contributed by atoms with Crippen LogP contribution in [0.5, 0.6) is 5.75 Å². The third-order valence-corrected chi connectivity index (χ3v) is 6.70. The molecule has 1 fully saturated rings. The van der Waals surface area contributed by atoms with Crippen molar-refractivity contribution in [2.45, 2.75) is 48.5 Å². The number of fused-ring (bicyclic) bond motifs is 1. The van der Waals surface area contributed by atoms with Gasteiger partial charge in [0.2, 0.25) is 0 Å². The van der Waals surface area contributed by atoms with Gasteiger partial charge in [0.1, 0.15) is 11.6 Å². The van der Waals surface area contributed by atoms with E-state index in [-0.39, 0.29) is 36.4 Å². The topological polar surface area (TPSA) is 104 Å². The van der Waals surface area contributed by atoms with E-state index >= 15 is 0 Å². The summed E-state index contributed by atoms with van der Waals surface area (Å²) in [5.74, 6) is 0.460. The molecule has 0 amide bonds. The first-order valence-corrected chi connectivity index (χ1v) is 12.8. The van der Waals surface area contributed by atoms with Crippen LogP contribution < -0.4 is 16.0 Å². The number of rotatable bonds is 9. The van der Waals surface area contributed by atoms with Gasteiger partial charge in [-0.2, -0.15) is 8.78 Å². The highest BCUT2D eigenvalue weighted by molar-refractivity contribution is 14.1. The van der Waals surface area contributed by atoms with Gasteiger partial charge in [0.05, 0.1) is 40.4 Å². The lowest BCUT2D eigenvalue weighted by atomic mass is 10.1. The van der Waals surface area contributed by atoms with Crippen molar-refractivity contribution in [2.75, 3.05) is 0 Å². The number of nitrogens with zero attached hydrogens (tertiary/aromatic N) is 5. The van der Waals surface area contributed by atoms with Gasteiger partial charge in [0.15, 0.2) is 11.2 Å². The zero-order valence-electron chi connectivity index (χ0n) is 19.9. The van der Waals surface area contributed by atoms with Crippen LogP contribution in [0.2, 0.25) is 0 Å². The van der Waals surface area contributed by atoms with Crippen molar-refractivity contribution in [3.05, 3.63) is 86.6 Å². The Morgan fingerprint density at radius 2 is 1.95 bits per heavy atom. The normalized spacial score (nSPS) is 14.7. The fraction of sp³-hybridized carbons (Fsp3) is 0.360. The Bertz CT molecular complexity index is 1570. The number of halogens is 3. The summed E-state index contributed by atoms with van der Waals surface area (Å²) in [5.41, 5.74) is -0.0752. The van der Waals surface area contributed by atoms with E-state index in [4.69, 9.17) is 4.74 Å². The van der Waals surface area contributed by atoms with Gasteiger partial charge in [0, 0.05) is 26.2 Å². The number of aromatic nitrogens is 5. The fourth-order valence-corrected chi connectivity index (χ4v) is 4.58. The van der Waals surface area contributed by atoms with Crippen LogP contribution >= 0.6 is 22.6 Å². The van der Waals surface area contributed by atoms with Crippen LogP contribution in [0.4, 0.5) is 8.78 Å². The largest absolute Gasteiger partial charge is 0.451 e. The van der Waals surface area contributed by atoms with Crippen molar-refractivity contribution in [3.63, 3.8) is 0 Å². The average molecular weight is 623 g/mol. The molecule has 1 saturated carbocycles. The van der Waals surface area contributed by atoms with Crippen LogP contribution in [-0.4, -0.2) is 38.5 Å². The minimum atomic E-state index is -3.36. The molecule has 194 valence electrons. The molecule has 0 bridgehead atoms. The second kappa shape index (κ2) is 9.63. The summed E-state index contributed by atoms with van der Waals surface area (Å²) in [7, 11) is 1.55. The first-order valence-electron chi connectivity index (χ1n) is 11.7. The van der Waals surface area contributed by atoms with E-state index < -0.39 is 21.0 Å². The summed E-state index contributed by atoms with van der Waals surface area (Å²) in [4.78, 5) is 35.7. The van der Waals surface area contributed by atoms with Crippen LogP contribution in [0.1, 0.15) is 36.3 Å². The summed E-state index contributed by atoms with van der Waals surface area (Å²) < 4.78 is 32.2. The second-order valence-electron chi connectivity index (χ2n) is 9.25. The van der Waals surface area contributed by atoms with Crippen molar-refractivity contribution in [1.29, 1.82) is 0 Å². The zero-order chi connectivity index (χ0) is 26.4. The Morgan fingerprint density at radius 3 is 2.62 bits per heavy atom. The number of hydrogen-bond acceptors (Lipinski definition) is 6. The summed E-state index contributed by atoms with van der Waals surface area (Å²) in [6, 6.07) is 11.7. The van der Waals surface area contributed by atoms with Gasteiger partial charge in [0.25, 0.3) is 5.56 Å². The van der Waals surface area contributed by atoms with Gasteiger partial charge in [-0.1, -0.05) is 18.2 Å². The number of ether oxygens (including phenoxy) is 1. The predicted octanol–water partition coefficient (Wildman–Crippen LogP) is 3.21. The van der Waals surface area contributed by atoms with E-state index in [0.717, 1.165) is 27.2 Å². The highest BCUT2D eigenvalue weighted by atomic mass is 127. The molecule has 0 aliphatic heterocycles. The van der Waals surface area contributed by atoms with Crippen molar-refractivity contribution < 1.29 is 18.6 Å². The Hall–Kier alpha value is -3.13. The summed E-state index contributed by atoms with van der Waals surface area (Å²) >= 11 is 0.907. The Morgan fingerprint density at radius 1 is 1.16 bits per heavy atom. The quantitative estimate of drug-likeness (QED) is 0.227. The lowest BCUT2D eigenvalue weighted by Crippen LogP contribution is -2.40. The molecule has 1 N–H and O–H groups in total. The Balaban J connectivity index is 1.62. The van der Waals surface area contributed by atoms with E-state index in [1.165, 1.54) is 16.7 Å². The van der Waals surface area contributed by atoms with Crippen LogP contribution in [-0.2, 0) is 26.6 Å². The standard InChI is InChI=1S/C25H24F2IN5O4/c1-31-21-20(22(34)32(23(31)35)12-10-24(36)8-9-24)33(15-17-6-2-3-11-29-17)19(30-21)14-16-5-4-7-18(13-16)37-25(26,27)28/h2-7,11,13,36H,8-10,12,14-15H2,1H3. The van der Waals surface area contributed by atoms with Gasteiger partial charge >= 0.3 is 9.81 Å². The van der Waals surface area contributed by atoms with Crippen molar-refractivity contribution in [2.24, 2.45) is 7.05 Å².